The molecule has 0 aromatic heterocycles. The lowest BCUT2D eigenvalue weighted by Crippen LogP contribution is -2.52. The summed E-state index contributed by atoms with van der Waals surface area (Å²) >= 11 is 1.65. The minimum atomic E-state index is -0.587. The van der Waals surface area contributed by atoms with Gasteiger partial charge in [0.2, 0.25) is 5.91 Å². The lowest BCUT2D eigenvalue weighted by atomic mass is 9.97. The molecule has 1 atom stereocenters. The molecule has 2 aromatic rings. The van der Waals surface area contributed by atoms with Gasteiger partial charge in [0.15, 0.2) is 0 Å². The van der Waals surface area contributed by atoms with Crippen LogP contribution in [0, 0.1) is 5.92 Å². The van der Waals surface area contributed by atoms with E-state index in [0.717, 1.165) is 36.4 Å². The third-order valence-corrected chi connectivity index (χ3v) is 6.07. The number of piperidine rings is 1. The number of anilines is 1. The Morgan fingerprint density at radius 2 is 1.72 bits per heavy atom. The quantitative estimate of drug-likeness (QED) is 0.693. The van der Waals surface area contributed by atoms with Crippen molar-refractivity contribution in [1.82, 2.24) is 10.2 Å². The van der Waals surface area contributed by atoms with Crippen molar-refractivity contribution in [3.63, 3.8) is 0 Å². The van der Waals surface area contributed by atoms with Crippen LogP contribution in [0.4, 0.5) is 10.5 Å². The number of rotatable bonds is 6. The number of benzene rings is 2. The third-order valence-electron chi connectivity index (χ3n) is 5.33. The first-order valence-electron chi connectivity index (χ1n) is 10.1. The summed E-state index contributed by atoms with van der Waals surface area (Å²) in [5.74, 6) is 0.640. The average Bonchev–Trinajstić information content (AvgIpc) is 2.74. The minimum absolute atomic E-state index is 0.00589. The van der Waals surface area contributed by atoms with Crippen LogP contribution in [0.5, 0.6) is 0 Å². The standard InChI is InChI=1S/C23H29N3O2S/c1-17-12-14-26(15-13-17)22(27)21(16-18-6-4-3-5-7-18)25-23(28)24-19-8-10-20(29-2)11-9-19/h3-11,17,21H,12-16H2,1-2H3,(H2,24,25,28). The molecule has 3 rings (SSSR count). The van der Waals surface area contributed by atoms with Crippen LogP contribution < -0.4 is 10.6 Å². The summed E-state index contributed by atoms with van der Waals surface area (Å²) in [4.78, 5) is 28.8. The van der Waals surface area contributed by atoms with E-state index in [9.17, 15) is 9.59 Å². The Morgan fingerprint density at radius 3 is 2.34 bits per heavy atom. The molecule has 0 saturated carbocycles. The molecule has 1 aliphatic heterocycles. The Morgan fingerprint density at radius 1 is 1.07 bits per heavy atom. The van der Waals surface area contributed by atoms with Crippen molar-refractivity contribution in [3.8, 4) is 0 Å². The summed E-state index contributed by atoms with van der Waals surface area (Å²) < 4.78 is 0. The lowest BCUT2D eigenvalue weighted by Gasteiger charge is -2.33. The van der Waals surface area contributed by atoms with Crippen LogP contribution in [-0.4, -0.2) is 42.2 Å². The molecule has 0 radical (unpaired) electrons. The van der Waals surface area contributed by atoms with Crippen LogP contribution in [0.1, 0.15) is 25.3 Å². The van der Waals surface area contributed by atoms with Gasteiger partial charge >= 0.3 is 6.03 Å². The van der Waals surface area contributed by atoms with E-state index >= 15 is 0 Å². The molecule has 5 nitrogen and oxygen atoms in total. The van der Waals surface area contributed by atoms with Crippen LogP contribution in [0.15, 0.2) is 59.5 Å². The summed E-state index contributed by atoms with van der Waals surface area (Å²) in [5, 5.41) is 5.75. The number of thioether (sulfide) groups is 1. The summed E-state index contributed by atoms with van der Waals surface area (Å²) in [5.41, 5.74) is 1.74. The Labute approximate surface area is 177 Å². The molecule has 2 N–H and O–H groups in total. The van der Waals surface area contributed by atoms with Crippen molar-refractivity contribution in [1.29, 1.82) is 0 Å². The van der Waals surface area contributed by atoms with E-state index in [1.54, 1.807) is 11.8 Å². The fourth-order valence-electron chi connectivity index (χ4n) is 3.50. The number of carbonyl (C=O) groups excluding carboxylic acids is 2. The zero-order chi connectivity index (χ0) is 20.6. The number of likely N-dealkylation sites (tertiary alicyclic amines) is 1. The van der Waals surface area contributed by atoms with E-state index in [1.165, 1.54) is 0 Å². The highest BCUT2D eigenvalue weighted by Gasteiger charge is 2.28. The topological polar surface area (TPSA) is 61.4 Å². The number of amides is 3. The normalized spacial score (nSPS) is 15.6. The number of nitrogens with one attached hydrogen (secondary N) is 2. The van der Waals surface area contributed by atoms with Gasteiger partial charge in [-0.2, -0.15) is 0 Å². The molecule has 0 bridgehead atoms. The van der Waals surface area contributed by atoms with Gasteiger partial charge in [0.05, 0.1) is 0 Å². The number of carbonyl (C=O) groups is 2. The van der Waals surface area contributed by atoms with Gasteiger partial charge < -0.3 is 15.5 Å². The summed E-state index contributed by atoms with van der Waals surface area (Å²) in [7, 11) is 0. The van der Waals surface area contributed by atoms with Crippen molar-refractivity contribution < 1.29 is 9.59 Å². The van der Waals surface area contributed by atoms with Gasteiger partial charge in [-0.15, -0.1) is 11.8 Å². The molecule has 0 spiro atoms. The first-order chi connectivity index (χ1) is 14.0. The van der Waals surface area contributed by atoms with E-state index in [2.05, 4.69) is 17.6 Å². The fraction of sp³-hybridized carbons (Fsp3) is 0.391. The first-order valence-corrected chi connectivity index (χ1v) is 11.3. The number of urea groups is 1. The van der Waals surface area contributed by atoms with Crippen molar-refractivity contribution in [2.75, 3.05) is 24.7 Å². The van der Waals surface area contributed by atoms with Crippen LogP contribution in [-0.2, 0) is 11.2 Å². The first kappa shape index (κ1) is 21.2. The van der Waals surface area contributed by atoms with Crippen molar-refractivity contribution in [2.24, 2.45) is 5.92 Å². The second-order valence-electron chi connectivity index (χ2n) is 7.58. The molecule has 1 aliphatic rings. The van der Waals surface area contributed by atoms with Crippen molar-refractivity contribution >= 4 is 29.4 Å². The number of nitrogens with zero attached hydrogens (tertiary/aromatic N) is 1. The van der Waals surface area contributed by atoms with E-state index in [-0.39, 0.29) is 11.9 Å². The second-order valence-corrected chi connectivity index (χ2v) is 8.46. The molecule has 1 fully saturated rings. The maximum Gasteiger partial charge on any atom is 0.319 e. The van der Waals surface area contributed by atoms with Crippen LogP contribution >= 0.6 is 11.8 Å². The number of hydrogen-bond acceptors (Lipinski definition) is 3. The summed E-state index contributed by atoms with van der Waals surface area (Å²) in [6.45, 7) is 3.73. The van der Waals surface area contributed by atoms with E-state index in [4.69, 9.17) is 0 Å². The third kappa shape index (κ3) is 6.26. The molecule has 154 valence electrons. The monoisotopic (exact) mass is 411 g/mol. The molecular formula is C23H29N3O2S. The predicted octanol–water partition coefficient (Wildman–Crippen LogP) is 4.40. The Kier molecular flexibility index (Phi) is 7.58. The highest BCUT2D eigenvalue weighted by molar-refractivity contribution is 7.98. The molecule has 1 heterocycles. The second kappa shape index (κ2) is 10.3. The SMILES string of the molecule is CSc1ccc(NC(=O)NC(Cc2ccccc2)C(=O)N2CCC(C)CC2)cc1. The maximum absolute atomic E-state index is 13.2. The van der Waals surface area contributed by atoms with Crippen LogP contribution in [0.3, 0.4) is 0 Å². The summed E-state index contributed by atoms with van der Waals surface area (Å²) in [6, 6.07) is 16.5. The Balaban J connectivity index is 1.67. The highest BCUT2D eigenvalue weighted by Crippen LogP contribution is 2.19. The predicted molar refractivity (Wildman–Crippen MR) is 119 cm³/mol. The summed E-state index contributed by atoms with van der Waals surface area (Å²) in [6.07, 6.45) is 4.51. The molecule has 1 unspecified atom stereocenters. The van der Waals surface area contributed by atoms with Gasteiger partial charge in [-0.1, -0.05) is 37.3 Å². The maximum atomic E-state index is 13.2. The van der Waals surface area contributed by atoms with Crippen LogP contribution in [0.25, 0.3) is 0 Å². The molecule has 0 aliphatic carbocycles. The highest BCUT2D eigenvalue weighted by atomic mass is 32.2. The molecule has 2 aromatic carbocycles. The number of hydrogen-bond donors (Lipinski definition) is 2. The Hall–Kier alpha value is -2.47. The van der Waals surface area contributed by atoms with Gasteiger partial charge in [0.25, 0.3) is 0 Å². The van der Waals surface area contributed by atoms with Crippen molar-refractivity contribution in [3.05, 3.63) is 60.2 Å². The smallest absolute Gasteiger partial charge is 0.319 e. The average molecular weight is 412 g/mol. The molecule has 1 saturated heterocycles. The zero-order valence-electron chi connectivity index (χ0n) is 17.1. The van der Waals surface area contributed by atoms with E-state index in [0.29, 0.717) is 18.0 Å². The van der Waals surface area contributed by atoms with Gasteiger partial charge in [-0.3, -0.25) is 4.79 Å². The van der Waals surface area contributed by atoms with Gasteiger partial charge in [0.1, 0.15) is 6.04 Å². The van der Waals surface area contributed by atoms with Crippen LogP contribution in [0.2, 0.25) is 0 Å². The zero-order valence-corrected chi connectivity index (χ0v) is 17.9. The molecule has 29 heavy (non-hydrogen) atoms. The minimum Gasteiger partial charge on any atom is -0.341 e. The molecule has 3 amide bonds. The lowest BCUT2D eigenvalue weighted by molar-refractivity contribution is -0.134. The Bertz CT molecular complexity index is 803. The van der Waals surface area contributed by atoms with Gasteiger partial charge in [-0.05, 0) is 54.8 Å². The largest absolute Gasteiger partial charge is 0.341 e. The van der Waals surface area contributed by atoms with Crippen molar-refractivity contribution in [2.45, 2.75) is 37.1 Å². The van der Waals surface area contributed by atoms with Gasteiger partial charge in [0, 0.05) is 30.1 Å². The van der Waals surface area contributed by atoms with Gasteiger partial charge in [-0.25, -0.2) is 4.79 Å². The van der Waals surface area contributed by atoms with E-state index < -0.39 is 6.04 Å². The molecule has 6 heteroatoms. The fourth-order valence-corrected chi connectivity index (χ4v) is 3.91. The molecular weight excluding hydrogens is 382 g/mol. The van der Waals surface area contributed by atoms with E-state index in [1.807, 2.05) is 65.8 Å².